The summed E-state index contributed by atoms with van der Waals surface area (Å²) in [7, 11) is 0. The van der Waals surface area contributed by atoms with Gasteiger partial charge in [0.15, 0.2) is 0 Å². The highest BCUT2D eigenvalue weighted by Crippen LogP contribution is 2.21. The van der Waals surface area contributed by atoms with Gasteiger partial charge in [-0.15, -0.1) is 0 Å². The van der Waals surface area contributed by atoms with Crippen molar-refractivity contribution in [2.24, 2.45) is 0 Å². The second-order valence-corrected chi connectivity index (χ2v) is 3.78. The molecule has 0 fully saturated rings. The number of rotatable bonds is 2. The van der Waals surface area contributed by atoms with Crippen LogP contribution in [0.5, 0.6) is 0 Å². The third kappa shape index (κ3) is 2.54. The van der Waals surface area contributed by atoms with Crippen LogP contribution in [0.3, 0.4) is 0 Å². The van der Waals surface area contributed by atoms with Crippen LogP contribution in [-0.2, 0) is 0 Å². The number of hydrogen-bond acceptors (Lipinski definition) is 3. The van der Waals surface area contributed by atoms with Crippen LogP contribution in [-0.4, -0.2) is 11.1 Å². The molecule has 0 amide bonds. The lowest BCUT2D eigenvalue weighted by Crippen LogP contribution is -2.05. The molecule has 17 heavy (non-hydrogen) atoms. The highest BCUT2D eigenvalue weighted by Gasteiger charge is 2.09. The average molecular weight is 251 g/mol. The first kappa shape index (κ1) is 11.4. The summed E-state index contributed by atoms with van der Waals surface area (Å²) in [5.74, 6) is -1.67. The van der Waals surface area contributed by atoms with Gasteiger partial charge in [-0.2, -0.15) is 0 Å². The maximum Gasteiger partial charge on any atom is 0.371 e. The van der Waals surface area contributed by atoms with Crippen LogP contribution < -0.4 is 5.63 Å². The van der Waals surface area contributed by atoms with Crippen LogP contribution >= 0.6 is 11.6 Å². The van der Waals surface area contributed by atoms with E-state index < -0.39 is 11.6 Å². The van der Waals surface area contributed by atoms with Gasteiger partial charge in [0.25, 0.3) is 0 Å². The lowest BCUT2D eigenvalue weighted by molar-refractivity contribution is 0.0657. The highest BCUT2D eigenvalue weighted by atomic mass is 35.5. The monoisotopic (exact) mass is 250 g/mol. The molecule has 0 atom stereocenters. The fourth-order valence-corrected chi connectivity index (χ4v) is 1.52. The van der Waals surface area contributed by atoms with Crippen molar-refractivity contribution in [1.82, 2.24) is 0 Å². The van der Waals surface area contributed by atoms with Crippen LogP contribution in [0.1, 0.15) is 10.6 Å². The molecule has 0 unspecified atom stereocenters. The largest absolute Gasteiger partial charge is 0.475 e. The molecular weight excluding hydrogens is 244 g/mol. The Balaban J connectivity index is 2.55. The molecule has 0 spiro atoms. The Labute approximate surface area is 101 Å². The molecule has 2 aromatic rings. The second-order valence-electron chi connectivity index (χ2n) is 3.34. The quantitative estimate of drug-likeness (QED) is 0.890. The summed E-state index contributed by atoms with van der Waals surface area (Å²) < 4.78 is 4.54. The summed E-state index contributed by atoms with van der Waals surface area (Å²) >= 11 is 5.74. The van der Waals surface area contributed by atoms with Gasteiger partial charge in [-0.05, 0) is 29.3 Å². The summed E-state index contributed by atoms with van der Waals surface area (Å²) in [4.78, 5) is 21.9. The van der Waals surface area contributed by atoms with E-state index in [9.17, 15) is 9.59 Å². The minimum atomic E-state index is -1.28. The zero-order valence-corrected chi connectivity index (χ0v) is 9.27. The third-order valence-electron chi connectivity index (χ3n) is 2.16. The van der Waals surface area contributed by atoms with Gasteiger partial charge in [0, 0.05) is 11.1 Å². The van der Waals surface area contributed by atoms with E-state index >= 15 is 0 Å². The van der Waals surface area contributed by atoms with Crippen LogP contribution in [0.4, 0.5) is 0 Å². The lowest BCUT2D eigenvalue weighted by atomic mass is 10.1. The van der Waals surface area contributed by atoms with Crippen molar-refractivity contribution in [1.29, 1.82) is 0 Å². The van der Waals surface area contributed by atoms with Crippen molar-refractivity contribution in [3.05, 3.63) is 57.6 Å². The molecule has 1 aromatic carbocycles. The molecule has 4 nitrogen and oxygen atoms in total. The molecule has 0 saturated carbocycles. The molecule has 0 saturated heterocycles. The van der Waals surface area contributed by atoms with E-state index in [1.807, 2.05) is 0 Å². The lowest BCUT2D eigenvalue weighted by Gasteiger charge is -2.01. The van der Waals surface area contributed by atoms with Crippen molar-refractivity contribution in [2.75, 3.05) is 0 Å². The molecule has 1 aromatic heterocycles. The van der Waals surface area contributed by atoms with E-state index in [2.05, 4.69) is 4.42 Å². The number of hydrogen-bond donors (Lipinski definition) is 1. The number of halogens is 1. The van der Waals surface area contributed by atoms with Crippen LogP contribution in [0.2, 0.25) is 5.02 Å². The predicted octanol–water partition coefficient (Wildman–Crippen LogP) is 2.66. The van der Waals surface area contributed by atoms with E-state index in [1.54, 1.807) is 24.3 Å². The summed E-state index contributed by atoms with van der Waals surface area (Å²) in [6.07, 6.45) is 0. The van der Waals surface area contributed by atoms with Crippen molar-refractivity contribution in [3.8, 4) is 11.1 Å². The number of benzene rings is 1. The summed E-state index contributed by atoms with van der Waals surface area (Å²) in [6.45, 7) is 0. The minimum Gasteiger partial charge on any atom is -0.475 e. The van der Waals surface area contributed by atoms with Gasteiger partial charge in [0.2, 0.25) is 5.76 Å². The SMILES string of the molecule is O=C(O)c1cc(-c2ccc(Cl)cc2)cc(=O)o1. The van der Waals surface area contributed by atoms with Gasteiger partial charge in [-0.25, -0.2) is 9.59 Å². The molecule has 0 aliphatic carbocycles. The summed E-state index contributed by atoms with van der Waals surface area (Å²) in [5, 5.41) is 9.34. The average Bonchev–Trinajstić information content (AvgIpc) is 2.29. The topological polar surface area (TPSA) is 67.5 Å². The zero-order valence-electron chi connectivity index (χ0n) is 8.51. The van der Waals surface area contributed by atoms with E-state index in [-0.39, 0.29) is 5.76 Å². The molecule has 2 rings (SSSR count). The smallest absolute Gasteiger partial charge is 0.371 e. The zero-order chi connectivity index (χ0) is 12.4. The number of carboxylic acids is 1. The minimum absolute atomic E-state index is 0.387. The maximum absolute atomic E-state index is 11.2. The van der Waals surface area contributed by atoms with Crippen molar-refractivity contribution in [2.45, 2.75) is 0 Å². The number of carboxylic acid groups (broad SMARTS) is 1. The van der Waals surface area contributed by atoms with Gasteiger partial charge in [-0.1, -0.05) is 23.7 Å². The van der Waals surface area contributed by atoms with Gasteiger partial charge in [0.05, 0.1) is 0 Å². The van der Waals surface area contributed by atoms with Crippen molar-refractivity contribution in [3.63, 3.8) is 0 Å². The molecule has 1 heterocycles. The normalized spacial score (nSPS) is 10.2. The van der Waals surface area contributed by atoms with E-state index in [4.69, 9.17) is 16.7 Å². The van der Waals surface area contributed by atoms with E-state index in [0.29, 0.717) is 16.1 Å². The Morgan fingerprint density at radius 1 is 1.12 bits per heavy atom. The molecule has 86 valence electrons. The standard InChI is InChI=1S/C12H7ClO4/c13-9-3-1-7(2-4-9)8-5-10(12(15)16)17-11(14)6-8/h1-6H,(H,15,16). The van der Waals surface area contributed by atoms with Crippen molar-refractivity contribution < 1.29 is 14.3 Å². The third-order valence-corrected chi connectivity index (χ3v) is 2.41. The maximum atomic E-state index is 11.2. The van der Waals surface area contributed by atoms with Gasteiger partial charge >= 0.3 is 11.6 Å². The van der Waals surface area contributed by atoms with E-state index in [0.717, 1.165) is 0 Å². The highest BCUT2D eigenvalue weighted by molar-refractivity contribution is 6.30. The first-order valence-electron chi connectivity index (χ1n) is 4.71. The first-order chi connectivity index (χ1) is 8.06. The summed E-state index contributed by atoms with van der Waals surface area (Å²) in [6, 6.07) is 9.24. The molecule has 0 aliphatic rings. The van der Waals surface area contributed by atoms with Crippen LogP contribution in [0.15, 0.2) is 45.6 Å². The second kappa shape index (κ2) is 4.43. The summed E-state index contributed by atoms with van der Waals surface area (Å²) in [5.41, 5.74) is 0.481. The Morgan fingerprint density at radius 2 is 1.76 bits per heavy atom. The first-order valence-corrected chi connectivity index (χ1v) is 5.08. The molecule has 0 aliphatic heterocycles. The molecule has 5 heteroatoms. The number of aromatic carboxylic acids is 1. The Hall–Kier alpha value is -2.07. The fourth-order valence-electron chi connectivity index (χ4n) is 1.39. The van der Waals surface area contributed by atoms with Crippen LogP contribution in [0, 0.1) is 0 Å². The Kier molecular flexibility index (Phi) is 2.97. The van der Waals surface area contributed by atoms with Crippen LogP contribution in [0.25, 0.3) is 11.1 Å². The molecule has 0 radical (unpaired) electrons. The fraction of sp³-hybridized carbons (Fsp3) is 0. The van der Waals surface area contributed by atoms with Gasteiger partial charge in [-0.3, -0.25) is 0 Å². The number of carbonyl (C=O) groups is 1. The molecular formula is C12H7ClO4. The van der Waals surface area contributed by atoms with E-state index in [1.165, 1.54) is 12.1 Å². The molecule has 1 N–H and O–H groups in total. The predicted molar refractivity (Wildman–Crippen MR) is 62.4 cm³/mol. The molecule has 0 bridgehead atoms. The van der Waals surface area contributed by atoms with Gasteiger partial charge < -0.3 is 9.52 Å². The van der Waals surface area contributed by atoms with Gasteiger partial charge in [0.1, 0.15) is 0 Å². The Bertz CT molecular complexity index is 613. The Morgan fingerprint density at radius 3 is 2.35 bits per heavy atom. The van der Waals surface area contributed by atoms with Crippen molar-refractivity contribution >= 4 is 17.6 Å².